The summed E-state index contributed by atoms with van der Waals surface area (Å²) in [6.45, 7) is 0. The summed E-state index contributed by atoms with van der Waals surface area (Å²) in [5, 5.41) is 13.0. The van der Waals surface area contributed by atoms with Crippen LogP contribution < -0.4 is 10.6 Å². The van der Waals surface area contributed by atoms with E-state index in [1.165, 1.54) is 19.3 Å². The zero-order valence-electron chi connectivity index (χ0n) is 17.5. The lowest BCUT2D eigenvalue weighted by Gasteiger charge is -2.25. The number of ketones is 1. The number of nitrogens with zero attached hydrogens (tertiary/aromatic N) is 1. The minimum absolute atomic E-state index is 0.0259. The van der Waals surface area contributed by atoms with Gasteiger partial charge in [0.05, 0.1) is 22.3 Å². The van der Waals surface area contributed by atoms with E-state index in [1.54, 1.807) is 0 Å². The summed E-state index contributed by atoms with van der Waals surface area (Å²) in [5.41, 5.74) is 5.23. The van der Waals surface area contributed by atoms with E-state index in [4.69, 9.17) is 16.1 Å². The topological polar surface area (TPSA) is 67.2 Å². The van der Waals surface area contributed by atoms with Crippen molar-refractivity contribution in [1.82, 2.24) is 5.16 Å². The maximum Gasteiger partial charge on any atom is 0.196 e. The number of rotatable bonds is 4. The van der Waals surface area contributed by atoms with Crippen LogP contribution in [0.1, 0.15) is 48.0 Å². The van der Waals surface area contributed by atoms with Crippen molar-refractivity contribution in [1.29, 1.82) is 0 Å². The minimum Gasteiger partial charge on any atom is -0.380 e. The lowest BCUT2D eigenvalue weighted by Crippen LogP contribution is -2.22. The molecule has 5 nitrogen and oxygen atoms in total. The zero-order chi connectivity index (χ0) is 21.7. The molecule has 0 radical (unpaired) electrons. The number of carbonyl (C=O) groups is 1. The Labute approximate surface area is 190 Å². The fourth-order valence-electron chi connectivity index (χ4n) is 4.92. The van der Waals surface area contributed by atoms with Crippen molar-refractivity contribution >= 4 is 45.3 Å². The van der Waals surface area contributed by atoms with Crippen molar-refractivity contribution in [3.8, 4) is 11.3 Å². The summed E-state index contributed by atoms with van der Waals surface area (Å²) in [4.78, 5) is 13.6. The number of aromatic nitrogens is 1. The Kier molecular flexibility index (Phi) is 4.65. The molecule has 6 heteroatoms. The Morgan fingerprint density at radius 3 is 2.47 bits per heavy atom. The van der Waals surface area contributed by atoms with Crippen LogP contribution in [-0.2, 0) is 0 Å². The molecule has 4 aromatic rings. The van der Waals surface area contributed by atoms with Crippen LogP contribution in [0.5, 0.6) is 0 Å². The highest BCUT2D eigenvalue weighted by Gasteiger charge is 2.33. The monoisotopic (exact) mass is 443 g/mol. The van der Waals surface area contributed by atoms with Crippen LogP contribution in [0.15, 0.2) is 59.1 Å². The molecule has 1 aromatic heterocycles. The normalized spacial score (nSPS) is 15.6. The lowest BCUT2D eigenvalue weighted by molar-refractivity contribution is 0.104. The molecule has 32 heavy (non-hydrogen) atoms. The second kappa shape index (κ2) is 7.68. The predicted octanol–water partition coefficient (Wildman–Crippen LogP) is 7.18. The highest BCUT2D eigenvalue weighted by atomic mass is 35.5. The first-order valence-electron chi connectivity index (χ1n) is 11.1. The molecule has 2 N–H and O–H groups in total. The van der Waals surface area contributed by atoms with Crippen LogP contribution >= 0.6 is 11.6 Å². The SMILES string of the molecule is O=C1c2ccccc2-c2onc3c(NC4CCCCC4)cc(Nc4ccc(Cl)cc4)c1c23. The molecule has 0 unspecified atom stereocenters. The first kappa shape index (κ1) is 19.4. The molecule has 0 spiro atoms. The average molecular weight is 444 g/mol. The molecule has 0 saturated heterocycles. The number of carbonyl (C=O) groups excluding carboxylic acids is 1. The molecule has 2 aliphatic rings. The van der Waals surface area contributed by atoms with Crippen molar-refractivity contribution in [3.05, 3.63) is 70.7 Å². The highest BCUT2D eigenvalue weighted by Crippen LogP contribution is 2.46. The van der Waals surface area contributed by atoms with Gasteiger partial charge in [0.2, 0.25) is 0 Å². The fraction of sp³-hybridized carbons (Fsp3) is 0.231. The second-order valence-corrected chi connectivity index (χ2v) is 9.00. The fourth-order valence-corrected chi connectivity index (χ4v) is 5.05. The number of benzene rings is 3. The van der Waals surface area contributed by atoms with Gasteiger partial charge in [0.15, 0.2) is 11.5 Å². The molecular formula is C26H22ClN3O2. The Bertz CT molecular complexity index is 1340. The Balaban J connectivity index is 1.54. The lowest BCUT2D eigenvalue weighted by atomic mass is 9.86. The van der Waals surface area contributed by atoms with Crippen molar-refractivity contribution < 1.29 is 9.32 Å². The quantitative estimate of drug-likeness (QED) is 0.308. The highest BCUT2D eigenvalue weighted by molar-refractivity contribution is 6.30. The summed E-state index contributed by atoms with van der Waals surface area (Å²) in [6.07, 6.45) is 6.01. The van der Waals surface area contributed by atoms with Gasteiger partial charge in [0, 0.05) is 27.9 Å². The molecule has 2 aliphatic carbocycles. The van der Waals surface area contributed by atoms with Gasteiger partial charge in [-0.1, -0.05) is 60.3 Å². The molecule has 0 atom stereocenters. The van der Waals surface area contributed by atoms with Gasteiger partial charge in [0.25, 0.3) is 0 Å². The molecular weight excluding hydrogens is 422 g/mol. The van der Waals surface area contributed by atoms with Crippen LogP contribution in [0.25, 0.3) is 22.2 Å². The molecule has 0 amide bonds. The third-order valence-corrected chi connectivity index (χ3v) is 6.74. The number of hydrogen-bond acceptors (Lipinski definition) is 5. The largest absolute Gasteiger partial charge is 0.380 e. The summed E-state index contributed by atoms with van der Waals surface area (Å²) in [5.74, 6) is 0.624. The standard InChI is InChI=1S/C26H22ClN3O2/c27-15-10-12-17(13-11-15)28-20-14-21(29-16-6-2-1-3-7-16)24-23-22(20)25(31)18-8-4-5-9-19(18)26(23)32-30-24/h4-5,8-14,16,28-29H,1-3,6-7H2. The van der Waals surface area contributed by atoms with E-state index < -0.39 is 0 Å². The number of nitrogens with one attached hydrogen (secondary N) is 2. The molecule has 1 saturated carbocycles. The van der Waals surface area contributed by atoms with E-state index in [1.807, 2.05) is 54.6 Å². The summed E-state index contributed by atoms with van der Waals surface area (Å²) in [6, 6.07) is 17.4. The first-order valence-corrected chi connectivity index (χ1v) is 11.5. The number of halogens is 1. The van der Waals surface area contributed by atoms with Crippen LogP contribution in [0.3, 0.4) is 0 Å². The first-order chi connectivity index (χ1) is 15.7. The molecule has 160 valence electrons. The van der Waals surface area contributed by atoms with Crippen LogP contribution in [0.2, 0.25) is 5.02 Å². The van der Waals surface area contributed by atoms with Gasteiger partial charge in [-0.05, 0) is 43.2 Å². The Morgan fingerprint density at radius 1 is 0.938 bits per heavy atom. The van der Waals surface area contributed by atoms with Crippen molar-refractivity contribution in [2.24, 2.45) is 0 Å². The van der Waals surface area contributed by atoms with Gasteiger partial charge >= 0.3 is 0 Å². The van der Waals surface area contributed by atoms with Crippen molar-refractivity contribution in [3.63, 3.8) is 0 Å². The van der Waals surface area contributed by atoms with Gasteiger partial charge in [-0.3, -0.25) is 4.79 Å². The van der Waals surface area contributed by atoms with Gasteiger partial charge in [-0.2, -0.15) is 0 Å². The smallest absolute Gasteiger partial charge is 0.196 e. The Morgan fingerprint density at radius 2 is 1.69 bits per heavy atom. The summed E-state index contributed by atoms with van der Waals surface area (Å²) >= 11 is 6.07. The van der Waals surface area contributed by atoms with E-state index >= 15 is 0 Å². The number of fused-ring (bicyclic) bond motifs is 2. The summed E-state index contributed by atoms with van der Waals surface area (Å²) < 4.78 is 5.83. The molecule has 3 aromatic carbocycles. The zero-order valence-corrected chi connectivity index (χ0v) is 18.2. The van der Waals surface area contributed by atoms with E-state index in [-0.39, 0.29) is 5.78 Å². The van der Waals surface area contributed by atoms with Crippen LogP contribution in [0.4, 0.5) is 17.1 Å². The predicted molar refractivity (Wildman–Crippen MR) is 128 cm³/mol. The Hall–Kier alpha value is -3.31. The van der Waals surface area contributed by atoms with Gasteiger partial charge < -0.3 is 15.2 Å². The number of anilines is 3. The molecule has 0 bridgehead atoms. The third-order valence-electron chi connectivity index (χ3n) is 6.49. The molecule has 6 rings (SSSR count). The van der Waals surface area contributed by atoms with Crippen molar-refractivity contribution in [2.45, 2.75) is 38.1 Å². The van der Waals surface area contributed by atoms with Crippen molar-refractivity contribution in [2.75, 3.05) is 10.6 Å². The van der Waals surface area contributed by atoms with E-state index in [0.717, 1.165) is 40.9 Å². The second-order valence-electron chi connectivity index (χ2n) is 8.57. The third kappa shape index (κ3) is 3.16. The van der Waals surface area contributed by atoms with Gasteiger partial charge in [0.1, 0.15) is 5.52 Å². The maximum absolute atomic E-state index is 13.6. The van der Waals surface area contributed by atoms with Gasteiger partial charge in [-0.15, -0.1) is 0 Å². The summed E-state index contributed by atoms with van der Waals surface area (Å²) in [7, 11) is 0. The van der Waals surface area contributed by atoms with E-state index in [9.17, 15) is 4.79 Å². The average Bonchev–Trinajstić information content (AvgIpc) is 3.26. The molecule has 1 heterocycles. The molecule has 1 fully saturated rings. The van der Waals surface area contributed by atoms with Gasteiger partial charge in [-0.25, -0.2) is 0 Å². The molecule has 0 aliphatic heterocycles. The van der Waals surface area contributed by atoms with E-state index in [2.05, 4.69) is 15.8 Å². The van der Waals surface area contributed by atoms with E-state index in [0.29, 0.717) is 33.5 Å². The van der Waals surface area contributed by atoms with Crippen LogP contribution in [-0.4, -0.2) is 17.0 Å². The number of hydrogen-bond donors (Lipinski definition) is 2. The maximum atomic E-state index is 13.6. The minimum atomic E-state index is -0.0259. The van der Waals surface area contributed by atoms with Crippen LogP contribution in [0, 0.1) is 0 Å².